The molecule has 0 radical (unpaired) electrons. The molecule has 5 nitrogen and oxygen atoms in total. The van der Waals surface area contributed by atoms with Gasteiger partial charge in [0.1, 0.15) is 11.5 Å². The second-order valence-corrected chi connectivity index (χ2v) is 6.88. The van der Waals surface area contributed by atoms with Gasteiger partial charge in [0.25, 0.3) is 0 Å². The van der Waals surface area contributed by atoms with E-state index in [0.29, 0.717) is 27.5 Å². The summed E-state index contributed by atoms with van der Waals surface area (Å²) < 4.78 is 14.6. The molecular formula is C22H12ClFN4O. The Morgan fingerprint density at radius 3 is 2.66 bits per heavy atom. The fourth-order valence-electron chi connectivity index (χ4n) is 3.31. The van der Waals surface area contributed by atoms with Crippen molar-refractivity contribution in [2.75, 3.05) is 0 Å². The number of pyridine rings is 2. The van der Waals surface area contributed by atoms with Gasteiger partial charge in [0.05, 0.1) is 16.2 Å². The smallest absolute Gasteiger partial charge is 0.209 e. The third-order valence-corrected chi connectivity index (χ3v) is 4.93. The zero-order chi connectivity index (χ0) is 20.0. The van der Waals surface area contributed by atoms with Gasteiger partial charge < -0.3 is 4.98 Å². The lowest BCUT2D eigenvalue weighted by molar-refractivity contribution is 0.631. The second kappa shape index (κ2) is 6.76. The second-order valence-electron chi connectivity index (χ2n) is 6.47. The number of aromatic nitrogens is 4. The summed E-state index contributed by atoms with van der Waals surface area (Å²) in [6, 6.07) is 14.9. The summed E-state index contributed by atoms with van der Waals surface area (Å²) in [5.41, 5.74) is 2.41. The Hall–Kier alpha value is -3.64. The third kappa shape index (κ3) is 2.94. The molecule has 140 valence electrons. The van der Waals surface area contributed by atoms with Crippen LogP contribution in [0.4, 0.5) is 4.39 Å². The Morgan fingerprint density at radius 1 is 0.931 bits per heavy atom. The highest BCUT2D eigenvalue weighted by atomic mass is 35.5. The first kappa shape index (κ1) is 17.5. The minimum atomic E-state index is -0.436. The number of halogens is 2. The molecule has 3 aromatic heterocycles. The first-order chi connectivity index (χ1) is 14.1. The molecule has 0 spiro atoms. The molecule has 29 heavy (non-hydrogen) atoms. The van der Waals surface area contributed by atoms with Crippen molar-refractivity contribution in [2.24, 2.45) is 0 Å². The van der Waals surface area contributed by atoms with Crippen molar-refractivity contribution in [1.29, 1.82) is 0 Å². The van der Waals surface area contributed by atoms with E-state index < -0.39 is 5.82 Å². The predicted octanol–water partition coefficient (Wildman–Crippen LogP) is 4.99. The van der Waals surface area contributed by atoms with E-state index >= 15 is 0 Å². The molecular weight excluding hydrogens is 391 g/mol. The Labute approximate surface area is 168 Å². The number of benzene rings is 2. The van der Waals surface area contributed by atoms with Crippen LogP contribution in [0.3, 0.4) is 0 Å². The molecule has 0 fully saturated rings. The summed E-state index contributed by atoms with van der Waals surface area (Å²) >= 11 is 6.44. The van der Waals surface area contributed by atoms with Crippen LogP contribution in [-0.2, 0) is 0 Å². The summed E-state index contributed by atoms with van der Waals surface area (Å²) in [5, 5.41) is 1.24. The van der Waals surface area contributed by atoms with Crippen LogP contribution in [0.2, 0.25) is 5.02 Å². The molecule has 0 aliphatic rings. The molecule has 0 saturated carbocycles. The average molecular weight is 403 g/mol. The number of fused-ring (bicyclic) bond motifs is 2. The molecule has 0 atom stereocenters. The fraction of sp³-hybridized carbons (Fsp3) is 0. The quantitative estimate of drug-likeness (QED) is 0.451. The summed E-state index contributed by atoms with van der Waals surface area (Å²) in [4.78, 5) is 28.6. The van der Waals surface area contributed by atoms with Crippen molar-refractivity contribution in [3.05, 3.63) is 88.1 Å². The van der Waals surface area contributed by atoms with Crippen LogP contribution >= 0.6 is 11.6 Å². The molecule has 0 aliphatic carbocycles. The predicted molar refractivity (Wildman–Crippen MR) is 111 cm³/mol. The lowest BCUT2D eigenvalue weighted by atomic mass is 10.0. The summed E-state index contributed by atoms with van der Waals surface area (Å²) in [5.74, 6) is -0.436. The van der Waals surface area contributed by atoms with Crippen LogP contribution in [0.5, 0.6) is 0 Å². The number of hydrogen-bond acceptors (Lipinski definition) is 4. The van der Waals surface area contributed by atoms with Gasteiger partial charge in [-0.05, 0) is 30.3 Å². The zero-order valence-corrected chi connectivity index (χ0v) is 15.6. The van der Waals surface area contributed by atoms with Crippen molar-refractivity contribution in [3.8, 4) is 22.5 Å². The molecule has 7 heteroatoms. The molecule has 0 unspecified atom stereocenters. The van der Waals surface area contributed by atoms with E-state index in [4.69, 9.17) is 11.6 Å². The fourth-order valence-corrected chi connectivity index (χ4v) is 3.59. The third-order valence-electron chi connectivity index (χ3n) is 4.64. The molecule has 0 aliphatic heterocycles. The average Bonchev–Trinajstić information content (AvgIpc) is 2.74. The highest BCUT2D eigenvalue weighted by molar-refractivity contribution is 6.35. The molecule has 0 saturated heterocycles. The van der Waals surface area contributed by atoms with Gasteiger partial charge in [-0.2, -0.15) is 0 Å². The first-order valence-corrected chi connectivity index (χ1v) is 9.18. The summed E-state index contributed by atoms with van der Waals surface area (Å²) in [7, 11) is 0. The van der Waals surface area contributed by atoms with Crippen molar-refractivity contribution < 1.29 is 4.39 Å². The largest absolute Gasteiger partial charge is 0.345 e. The highest BCUT2D eigenvalue weighted by Gasteiger charge is 2.18. The van der Waals surface area contributed by atoms with Gasteiger partial charge in [0, 0.05) is 35.0 Å². The van der Waals surface area contributed by atoms with Gasteiger partial charge in [-0.25, -0.2) is 14.4 Å². The Bertz CT molecular complexity index is 1460. The Morgan fingerprint density at radius 2 is 1.79 bits per heavy atom. The lowest BCUT2D eigenvalue weighted by Gasteiger charge is -2.12. The van der Waals surface area contributed by atoms with Crippen molar-refractivity contribution in [2.45, 2.75) is 0 Å². The van der Waals surface area contributed by atoms with Gasteiger partial charge in [-0.3, -0.25) is 9.78 Å². The molecule has 2 aromatic carbocycles. The Balaban J connectivity index is 1.89. The lowest BCUT2D eigenvalue weighted by Crippen LogP contribution is -2.07. The maximum absolute atomic E-state index is 14.6. The topological polar surface area (TPSA) is 71.5 Å². The number of hydrogen-bond donors (Lipinski definition) is 1. The SMILES string of the molecule is O=c1cc[nH]c2nc(-c3ccccc3F)c(-c3cc(Cl)c4ncccc4c3)nc12. The molecule has 5 rings (SSSR count). The van der Waals surface area contributed by atoms with E-state index in [0.717, 1.165) is 5.39 Å². The van der Waals surface area contributed by atoms with Crippen LogP contribution in [-0.4, -0.2) is 19.9 Å². The van der Waals surface area contributed by atoms with E-state index in [-0.39, 0.29) is 22.2 Å². The van der Waals surface area contributed by atoms with Crippen molar-refractivity contribution >= 4 is 33.7 Å². The number of aromatic amines is 1. The van der Waals surface area contributed by atoms with E-state index in [1.54, 1.807) is 36.5 Å². The van der Waals surface area contributed by atoms with Crippen LogP contribution in [0.1, 0.15) is 0 Å². The maximum atomic E-state index is 14.6. The van der Waals surface area contributed by atoms with Crippen LogP contribution in [0, 0.1) is 5.82 Å². The minimum absolute atomic E-state index is 0.171. The van der Waals surface area contributed by atoms with E-state index in [1.807, 2.05) is 12.1 Å². The highest BCUT2D eigenvalue weighted by Crippen LogP contribution is 2.35. The van der Waals surface area contributed by atoms with Gasteiger partial charge >= 0.3 is 0 Å². The van der Waals surface area contributed by atoms with Gasteiger partial charge in [-0.1, -0.05) is 29.8 Å². The molecule has 1 N–H and O–H groups in total. The molecule has 5 aromatic rings. The van der Waals surface area contributed by atoms with Crippen molar-refractivity contribution in [1.82, 2.24) is 19.9 Å². The summed E-state index contributed by atoms with van der Waals surface area (Å²) in [6.07, 6.45) is 3.15. The number of nitrogens with zero attached hydrogens (tertiary/aromatic N) is 3. The number of rotatable bonds is 2. The van der Waals surface area contributed by atoms with Crippen LogP contribution < -0.4 is 5.43 Å². The standard InChI is InChI=1S/C22H12ClFN4O/c23-15-11-13(10-12-4-3-8-25-18(12)15)19-20(14-5-1-2-6-16(14)24)28-22-21(27-19)17(29)7-9-26-22/h1-11H,(H,26,28,29). The van der Waals surface area contributed by atoms with E-state index in [1.165, 1.54) is 18.3 Å². The first-order valence-electron chi connectivity index (χ1n) is 8.81. The Kier molecular flexibility index (Phi) is 4.07. The number of nitrogens with one attached hydrogen (secondary N) is 1. The zero-order valence-electron chi connectivity index (χ0n) is 14.9. The molecule has 0 bridgehead atoms. The van der Waals surface area contributed by atoms with E-state index in [9.17, 15) is 9.18 Å². The van der Waals surface area contributed by atoms with Crippen LogP contribution in [0.15, 0.2) is 71.8 Å². The van der Waals surface area contributed by atoms with Gasteiger partial charge in [0.15, 0.2) is 11.2 Å². The number of H-pyrrole nitrogens is 1. The normalized spacial score (nSPS) is 11.2. The minimum Gasteiger partial charge on any atom is -0.345 e. The summed E-state index contributed by atoms with van der Waals surface area (Å²) in [6.45, 7) is 0. The van der Waals surface area contributed by atoms with E-state index in [2.05, 4.69) is 19.9 Å². The van der Waals surface area contributed by atoms with Crippen molar-refractivity contribution in [3.63, 3.8) is 0 Å². The van der Waals surface area contributed by atoms with Crippen LogP contribution in [0.25, 0.3) is 44.6 Å². The van der Waals surface area contributed by atoms with Gasteiger partial charge in [0.2, 0.25) is 5.43 Å². The molecule has 3 heterocycles. The maximum Gasteiger partial charge on any atom is 0.209 e. The monoisotopic (exact) mass is 402 g/mol. The van der Waals surface area contributed by atoms with Gasteiger partial charge in [-0.15, -0.1) is 0 Å². The molecule has 0 amide bonds.